The molecule has 2 unspecified atom stereocenters. The fraction of sp³-hybridized carbons (Fsp3) is 0.938. The van der Waals surface area contributed by atoms with Gasteiger partial charge in [-0.2, -0.15) is 0 Å². The van der Waals surface area contributed by atoms with E-state index in [9.17, 15) is 9.90 Å². The van der Waals surface area contributed by atoms with E-state index in [1.165, 1.54) is 0 Å². The van der Waals surface area contributed by atoms with E-state index in [1.807, 2.05) is 7.05 Å². The van der Waals surface area contributed by atoms with E-state index in [1.54, 1.807) is 0 Å². The van der Waals surface area contributed by atoms with Gasteiger partial charge in [0.1, 0.15) is 0 Å². The van der Waals surface area contributed by atoms with Crippen LogP contribution in [0.2, 0.25) is 0 Å². The Hall–Kier alpha value is -0.650. The summed E-state index contributed by atoms with van der Waals surface area (Å²) in [5, 5.41) is 13.0. The highest BCUT2D eigenvalue weighted by Gasteiger charge is 2.27. The van der Waals surface area contributed by atoms with E-state index in [0.29, 0.717) is 18.5 Å². The minimum atomic E-state index is -0.172. The summed E-state index contributed by atoms with van der Waals surface area (Å²) in [6.45, 7) is 6.73. The maximum atomic E-state index is 12.1. The summed E-state index contributed by atoms with van der Waals surface area (Å²) in [6, 6.07) is 0.339. The molecule has 0 aromatic rings. The van der Waals surface area contributed by atoms with Crippen molar-refractivity contribution < 1.29 is 9.90 Å². The molecule has 2 atom stereocenters. The topological polar surface area (TPSA) is 55.8 Å². The van der Waals surface area contributed by atoms with Crippen LogP contribution >= 0.6 is 0 Å². The number of hydrogen-bond donors (Lipinski definition) is 2. The van der Waals surface area contributed by atoms with Crippen LogP contribution in [-0.4, -0.2) is 72.7 Å². The molecule has 1 aliphatic carbocycles. The molecule has 2 fully saturated rings. The maximum absolute atomic E-state index is 12.1. The Morgan fingerprint density at radius 2 is 2.00 bits per heavy atom. The van der Waals surface area contributed by atoms with Gasteiger partial charge in [-0.25, -0.2) is 0 Å². The van der Waals surface area contributed by atoms with Gasteiger partial charge in [0.15, 0.2) is 0 Å². The van der Waals surface area contributed by atoms with Crippen molar-refractivity contribution in [3.8, 4) is 0 Å². The first kappa shape index (κ1) is 16.7. The summed E-state index contributed by atoms with van der Waals surface area (Å²) in [5.41, 5.74) is 0. The summed E-state index contributed by atoms with van der Waals surface area (Å²) < 4.78 is 0. The van der Waals surface area contributed by atoms with Crippen LogP contribution in [0.15, 0.2) is 0 Å². The van der Waals surface area contributed by atoms with Crippen molar-refractivity contribution in [1.29, 1.82) is 0 Å². The van der Waals surface area contributed by atoms with Crippen LogP contribution in [0.3, 0.4) is 0 Å². The molecule has 0 bridgehead atoms. The van der Waals surface area contributed by atoms with E-state index in [-0.39, 0.29) is 12.0 Å². The summed E-state index contributed by atoms with van der Waals surface area (Å²) in [7, 11) is 1.98. The van der Waals surface area contributed by atoms with Crippen molar-refractivity contribution >= 4 is 5.91 Å². The number of carbonyl (C=O) groups excluding carboxylic acids is 1. The molecule has 21 heavy (non-hydrogen) atoms. The van der Waals surface area contributed by atoms with Crippen LogP contribution in [0.5, 0.6) is 0 Å². The average Bonchev–Trinajstić information content (AvgIpc) is 2.84. The molecular formula is C16H31N3O2. The summed E-state index contributed by atoms with van der Waals surface area (Å²) in [4.78, 5) is 16.6. The Labute approximate surface area is 128 Å². The van der Waals surface area contributed by atoms with E-state index in [4.69, 9.17) is 0 Å². The molecule has 1 amide bonds. The molecule has 1 saturated carbocycles. The number of amides is 1. The van der Waals surface area contributed by atoms with Crippen LogP contribution in [0.4, 0.5) is 0 Å². The number of likely N-dealkylation sites (tertiary alicyclic amines) is 1. The molecular weight excluding hydrogens is 266 g/mol. The minimum Gasteiger partial charge on any atom is -0.393 e. The smallest absolute Gasteiger partial charge is 0.234 e. The van der Waals surface area contributed by atoms with Crippen molar-refractivity contribution in [2.24, 2.45) is 5.92 Å². The summed E-state index contributed by atoms with van der Waals surface area (Å²) >= 11 is 0. The lowest BCUT2D eigenvalue weighted by molar-refractivity contribution is -0.123. The van der Waals surface area contributed by atoms with Gasteiger partial charge >= 0.3 is 0 Å². The molecule has 5 nitrogen and oxygen atoms in total. The first-order valence-corrected chi connectivity index (χ1v) is 8.46. The van der Waals surface area contributed by atoms with Gasteiger partial charge in [0.05, 0.1) is 12.6 Å². The zero-order valence-corrected chi connectivity index (χ0v) is 13.6. The lowest BCUT2D eigenvalue weighted by Gasteiger charge is -2.32. The van der Waals surface area contributed by atoms with Crippen molar-refractivity contribution in [2.75, 3.05) is 39.8 Å². The standard InChI is InChI=1S/C16H31N3O2/c1-3-19-9-7-14(8-10-19)17-16(21)12-18(2)11-13-5-4-6-15(13)20/h13-15,20H,3-12H2,1-2H3,(H,17,21). The Kier molecular flexibility index (Phi) is 6.45. The second-order valence-corrected chi connectivity index (χ2v) is 6.73. The molecule has 5 heteroatoms. The number of aliphatic hydroxyl groups is 1. The molecule has 2 rings (SSSR count). The van der Waals surface area contributed by atoms with E-state index < -0.39 is 0 Å². The van der Waals surface area contributed by atoms with E-state index >= 15 is 0 Å². The average molecular weight is 297 g/mol. The quantitative estimate of drug-likeness (QED) is 0.757. The molecule has 0 aromatic carbocycles. The predicted molar refractivity (Wildman–Crippen MR) is 84.1 cm³/mol. The van der Waals surface area contributed by atoms with E-state index in [0.717, 1.165) is 58.3 Å². The SMILES string of the molecule is CCN1CCC(NC(=O)CN(C)CC2CCCC2O)CC1. The number of aliphatic hydroxyl groups excluding tert-OH is 1. The Bertz CT molecular complexity index is 329. The van der Waals surface area contributed by atoms with Crippen molar-refractivity contribution in [3.05, 3.63) is 0 Å². The Morgan fingerprint density at radius 3 is 2.57 bits per heavy atom. The van der Waals surface area contributed by atoms with Gasteiger partial charge in [0.25, 0.3) is 0 Å². The normalized spacial score (nSPS) is 28.2. The molecule has 1 heterocycles. The van der Waals surface area contributed by atoms with Crippen molar-refractivity contribution in [3.63, 3.8) is 0 Å². The van der Waals surface area contributed by atoms with Gasteiger partial charge in [-0.3, -0.25) is 9.69 Å². The summed E-state index contributed by atoms with van der Waals surface area (Å²) in [5.74, 6) is 0.468. The van der Waals surface area contributed by atoms with Gasteiger partial charge in [-0.1, -0.05) is 13.3 Å². The van der Waals surface area contributed by atoms with Crippen LogP contribution in [-0.2, 0) is 4.79 Å². The van der Waals surface area contributed by atoms with Crippen LogP contribution in [0, 0.1) is 5.92 Å². The van der Waals surface area contributed by atoms with Crippen LogP contribution < -0.4 is 5.32 Å². The predicted octanol–water partition coefficient (Wildman–Crippen LogP) is 0.680. The summed E-state index contributed by atoms with van der Waals surface area (Å²) in [6.07, 6.45) is 5.06. The van der Waals surface area contributed by atoms with Crippen molar-refractivity contribution in [1.82, 2.24) is 15.1 Å². The molecule has 2 N–H and O–H groups in total. The lowest BCUT2D eigenvalue weighted by Crippen LogP contribution is -2.47. The molecule has 0 radical (unpaired) electrons. The van der Waals surface area contributed by atoms with Crippen LogP contribution in [0.1, 0.15) is 39.0 Å². The number of likely N-dealkylation sites (N-methyl/N-ethyl adjacent to an activating group) is 1. The van der Waals surface area contributed by atoms with Gasteiger partial charge in [0.2, 0.25) is 5.91 Å². The number of nitrogens with one attached hydrogen (secondary N) is 1. The molecule has 2 aliphatic rings. The highest BCUT2D eigenvalue weighted by atomic mass is 16.3. The zero-order chi connectivity index (χ0) is 15.2. The van der Waals surface area contributed by atoms with E-state index in [2.05, 4.69) is 22.0 Å². The number of rotatable bonds is 6. The third-order valence-electron chi connectivity index (χ3n) is 4.98. The number of piperidine rings is 1. The minimum absolute atomic E-state index is 0.125. The number of carbonyl (C=O) groups is 1. The van der Waals surface area contributed by atoms with Gasteiger partial charge in [-0.15, -0.1) is 0 Å². The third kappa shape index (κ3) is 5.24. The fourth-order valence-electron chi connectivity index (χ4n) is 3.61. The van der Waals surface area contributed by atoms with Gasteiger partial charge < -0.3 is 15.3 Å². The molecule has 122 valence electrons. The second-order valence-electron chi connectivity index (χ2n) is 6.73. The second kappa shape index (κ2) is 8.11. The maximum Gasteiger partial charge on any atom is 0.234 e. The Balaban J connectivity index is 1.64. The largest absolute Gasteiger partial charge is 0.393 e. The molecule has 0 spiro atoms. The highest BCUT2D eigenvalue weighted by Crippen LogP contribution is 2.25. The van der Waals surface area contributed by atoms with Crippen molar-refractivity contribution in [2.45, 2.75) is 51.2 Å². The monoisotopic (exact) mass is 297 g/mol. The van der Waals surface area contributed by atoms with Gasteiger partial charge in [0, 0.05) is 25.7 Å². The molecule has 1 aliphatic heterocycles. The first-order chi connectivity index (χ1) is 10.1. The molecule has 1 saturated heterocycles. The third-order valence-corrected chi connectivity index (χ3v) is 4.98. The van der Waals surface area contributed by atoms with Crippen LogP contribution in [0.25, 0.3) is 0 Å². The first-order valence-electron chi connectivity index (χ1n) is 8.46. The van der Waals surface area contributed by atoms with Gasteiger partial charge in [-0.05, 0) is 45.2 Å². The zero-order valence-electron chi connectivity index (χ0n) is 13.6. The number of hydrogen-bond acceptors (Lipinski definition) is 4. The number of nitrogens with zero attached hydrogens (tertiary/aromatic N) is 2. The fourth-order valence-corrected chi connectivity index (χ4v) is 3.61. The lowest BCUT2D eigenvalue weighted by atomic mass is 10.0. The highest BCUT2D eigenvalue weighted by molar-refractivity contribution is 5.78. The molecule has 0 aromatic heterocycles. The Morgan fingerprint density at radius 1 is 1.29 bits per heavy atom.